The summed E-state index contributed by atoms with van der Waals surface area (Å²) in [5.74, 6) is 0. The number of nitrogens with zero attached hydrogens (tertiary/aromatic N) is 4. The number of pyridine rings is 1. The van der Waals surface area contributed by atoms with E-state index in [1.54, 1.807) is 0 Å². The molecule has 49 heavy (non-hydrogen) atoms. The van der Waals surface area contributed by atoms with Crippen molar-refractivity contribution in [3.05, 3.63) is 158 Å². The lowest BCUT2D eigenvalue weighted by atomic mass is 10.0. The monoisotopic (exact) mass is 622 g/mol. The smallest absolute Gasteiger partial charge is 0.145 e. The Kier molecular flexibility index (Phi) is 4.69. The van der Waals surface area contributed by atoms with Crippen LogP contribution in [0, 0.1) is 0 Å². The molecule has 0 N–H and O–H groups in total. The van der Waals surface area contributed by atoms with Gasteiger partial charge in [-0.05, 0) is 60.0 Å². The van der Waals surface area contributed by atoms with Crippen LogP contribution < -0.4 is 0 Å². The van der Waals surface area contributed by atoms with E-state index in [0.29, 0.717) is 0 Å². The van der Waals surface area contributed by atoms with Crippen LogP contribution in [-0.2, 0) is 0 Å². The Balaban J connectivity index is 1.28. The van der Waals surface area contributed by atoms with Gasteiger partial charge in [0.2, 0.25) is 0 Å². The molecule has 5 aromatic heterocycles. The molecule has 0 aliphatic carbocycles. The summed E-state index contributed by atoms with van der Waals surface area (Å²) < 4.78 is 7.33. The third-order valence-electron chi connectivity index (χ3n) is 10.8. The molecule has 226 valence electrons. The van der Waals surface area contributed by atoms with Crippen molar-refractivity contribution in [3.8, 4) is 11.4 Å². The van der Waals surface area contributed by atoms with Crippen LogP contribution in [0.2, 0.25) is 0 Å². The predicted octanol–water partition coefficient (Wildman–Crippen LogP) is 11.6. The maximum absolute atomic E-state index is 4.88. The zero-order valence-electron chi connectivity index (χ0n) is 26.3. The van der Waals surface area contributed by atoms with Gasteiger partial charge in [-0.25, -0.2) is 4.98 Å². The number of rotatable bonds is 2. The average Bonchev–Trinajstić information content (AvgIpc) is 3.89. The van der Waals surface area contributed by atoms with Gasteiger partial charge >= 0.3 is 0 Å². The van der Waals surface area contributed by atoms with Crippen molar-refractivity contribution in [2.45, 2.75) is 0 Å². The molecule has 0 aliphatic rings. The summed E-state index contributed by atoms with van der Waals surface area (Å²) in [6, 6.07) is 55.4. The molecule has 0 saturated carbocycles. The second-order valence-corrected chi connectivity index (χ2v) is 13.2. The molecular weight excluding hydrogens is 597 g/mol. The maximum atomic E-state index is 4.88. The second-order valence-electron chi connectivity index (χ2n) is 13.2. The SMILES string of the molecule is c1cc(-n2c3ccccc3c3cccnc32)cc(-n2c3ccccc3c3cc4c5ccccc5n5c6c7ccccc7ccc6c(c32)c45)c1. The summed E-state index contributed by atoms with van der Waals surface area (Å²) in [6.45, 7) is 0. The Labute approximate surface area is 279 Å². The summed E-state index contributed by atoms with van der Waals surface area (Å²) in [5, 5.41) is 12.6. The first-order valence-electron chi connectivity index (χ1n) is 16.8. The minimum atomic E-state index is 0.966. The van der Waals surface area contributed by atoms with Gasteiger partial charge in [0.15, 0.2) is 0 Å². The van der Waals surface area contributed by atoms with E-state index < -0.39 is 0 Å². The van der Waals surface area contributed by atoms with Crippen LogP contribution in [-0.4, -0.2) is 18.5 Å². The van der Waals surface area contributed by atoms with E-state index in [9.17, 15) is 0 Å². The molecule has 0 unspecified atom stereocenters. The highest BCUT2D eigenvalue weighted by molar-refractivity contribution is 6.36. The Hall–Kier alpha value is -6.65. The molecular formula is C45H26N4. The molecule has 0 bridgehead atoms. The number of hydrogen-bond acceptors (Lipinski definition) is 1. The summed E-state index contributed by atoms with van der Waals surface area (Å²) in [7, 11) is 0. The number of benzene rings is 7. The molecule has 0 saturated heterocycles. The zero-order chi connectivity index (χ0) is 31.8. The maximum Gasteiger partial charge on any atom is 0.145 e. The van der Waals surface area contributed by atoms with Gasteiger partial charge in [-0.15, -0.1) is 0 Å². The topological polar surface area (TPSA) is 27.2 Å². The van der Waals surface area contributed by atoms with Gasteiger partial charge in [0.25, 0.3) is 0 Å². The molecule has 7 aromatic carbocycles. The van der Waals surface area contributed by atoms with Crippen LogP contribution in [0.3, 0.4) is 0 Å². The van der Waals surface area contributed by atoms with E-state index in [1.165, 1.54) is 76.1 Å². The zero-order valence-corrected chi connectivity index (χ0v) is 26.3. The van der Waals surface area contributed by atoms with Gasteiger partial charge in [0, 0.05) is 66.0 Å². The van der Waals surface area contributed by atoms with Gasteiger partial charge in [-0.2, -0.15) is 0 Å². The fraction of sp³-hybridized carbons (Fsp3) is 0. The fourth-order valence-corrected chi connectivity index (χ4v) is 8.85. The number of aromatic nitrogens is 4. The van der Waals surface area contributed by atoms with E-state index >= 15 is 0 Å². The molecule has 0 aliphatic heterocycles. The minimum Gasteiger partial charge on any atom is -0.308 e. The molecule has 0 atom stereocenters. The molecule has 12 rings (SSSR count). The first-order chi connectivity index (χ1) is 24.3. The van der Waals surface area contributed by atoms with E-state index in [2.05, 4.69) is 159 Å². The van der Waals surface area contributed by atoms with Crippen molar-refractivity contribution < 1.29 is 0 Å². The molecule has 12 aromatic rings. The van der Waals surface area contributed by atoms with Crippen molar-refractivity contribution in [1.82, 2.24) is 18.5 Å². The Bertz CT molecular complexity index is 3280. The molecule has 4 nitrogen and oxygen atoms in total. The first kappa shape index (κ1) is 25.4. The van der Waals surface area contributed by atoms with Gasteiger partial charge < -0.3 is 8.97 Å². The Morgan fingerprint density at radius 2 is 0.980 bits per heavy atom. The van der Waals surface area contributed by atoms with Crippen molar-refractivity contribution in [2.75, 3.05) is 0 Å². The number of para-hydroxylation sites is 3. The third-order valence-corrected chi connectivity index (χ3v) is 10.8. The van der Waals surface area contributed by atoms with Crippen LogP contribution in [0.25, 0.3) is 104 Å². The van der Waals surface area contributed by atoms with Crippen LogP contribution in [0.4, 0.5) is 0 Å². The highest BCUT2D eigenvalue weighted by atomic mass is 15.1. The first-order valence-corrected chi connectivity index (χ1v) is 16.8. The highest BCUT2D eigenvalue weighted by Gasteiger charge is 2.25. The molecule has 0 radical (unpaired) electrons. The molecule has 5 heterocycles. The van der Waals surface area contributed by atoms with E-state index in [1.807, 2.05) is 12.3 Å². The van der Waals surface area contributed by atoms with Crippen molar-refractivity contribution in [3.63, 3.8) is 0 Å². The van der Waals surface area contributed by atoms with Gasteiger partial charge in [0.05, 0.1) is 33.1 Å². The minimum absolute atomic E-state index is 0.966. The van der Waals surface area contributed by atoms with Crippen molar-refractivity contribution >= 4 is 92.6 Å². The summed E-state index contributed by atoms with van der Waals surface area (Å²) >= 11 is 0. The normalized spacial score (nSPS) is 12.5. The Morgan fingerprint density at radius 3 is 1.80 bits per heavy atom. The van der Waals surface area contributed by atoms with E-state index in [-0.39, 0.29) is 0 Å². The van der Waals surface area contributed by atoms with Gasteiger partial charge in [-0.1, -0.05) is 97.1 Å². The van der Waals surface area contributed by atoms with Crippen LogP contribution in [0.15, 0.2) is 158 Å². The van der Waals surface area contributed by atoms with Crippen LogP contribution >= 0.6 is 0 Å². The van der Waals surface area contributed by atoms with E-state index in [4.69, 9.17) is 4.98 Å². The van der Waals surface area contributed by atoms with Gasteiger partial charge in [-0.3, -0.25) is 4.57 Å². The predicted molar refractivity (Wildman–Crippen MR) is 205 cm³/mol. The molecule has 4 heteroatoms. The summed E-state index contributed by atoms with van der Waals surface area (Å²) in [4.78, 5) is 4.88. The van der Waals surface area contributed by atoms with Crippen molar-refractivity contribution in [2.24, 2.45) is 0 Å². The lowest BCUT2D eigenvalue weighted by Gasteiger charge is -2.13. The van der Waals surface area contributed by atoms with Crippen LogP contribution in [0.1, 0.15) is 0 Å². The lowest BCUT2D eigenvalue weighted by Crippen LogP contribution is -1.99. The largest absolute Gasteiger partial charge is 0.308 e. The van der Waals surface area contributed by atoms with Crippen molar-refractivity contribution in [1.29, 1.82) is 0 Å². The standard InChI is InChI=1S/C45H26N4/c1-2-14-30-27(11-1)22-23-35-41-43-36(26-37-33-17-5-8-21-40(33)49(42(30)35)44(37)41)32-16-4-6-19-38(32)47(43)28-12-9-13-29(25-28)48-39-20-7-3-15-31(39)34-18-10-24-46-45(34)48/h1-26H. The summed E-state index contributed by atoms with van der Waals surface area (Å²) in [6.07, 6.45) is 1.89. The average molecular weight is 623 g/mol. The molecule has 0 spiro atoms. The lowest BCUT2D eigenvalue weighted by molar-refractivity contribution is 1.11. The highest BCUT2D eigenvalue weighted by Crippen LogP contribution is 2.47. The second kappa shape index (κ2) is 9.03. The number of fused-ring (bicyclic) bond motifs is 15. The molecule has 0 fully saturated rings. The Morgan fingerprint density at radius 1 is 0.367 bits per heavy atom. The quantitative estimate of drug-likeness (QED) is 0.188. The van der Waals surface area contributed by atoms with Gasteiger partial charge in [0.1, 0.15) is 5.65 Å². The number of hydrogen-bond donors (Lipinski definition) is 0. The van der Waals surface area contributed by atoms with Crippen LogP contribution in [0.5, 0.6) is 0 Å². The third kappa shape index (κ3) is 3.12. The summed E-state index contributed by atoms with van der Waals surface area (Å²) in [5.41, 5.74) is 10.6. The fourth-order valence-electron chi connectivity index (χ4n) is 8.85. The molecule has 0 amide bonds. The van der Waals surface area contributed by atoms with E-state index in [0.717, 1.165) is 27.9 Å².